The van der Waals surface area contributed by atoms with Crippen molar-refractivity contribution in [3.63, 3.8) is 0 Å². The molecule has 0 spiro atoms. The van der Waals surface area contributed by atoms with Crippen molar-refractivity contribution >= 4 is 17.5 Å². The van der Waals surface area contributed by atoms with Gasteiger partial charge in [0.15, 0.2) is 0 Å². The van der Waals surface area contributed by atoms with Crippen LogP contribution in [0.2, 0.25) is 0 Å². The van der Waals surface area contributed by atoms with E-state index in [0.717, 1.165) is 43.1 Å². The molecule has 0 saturated carbocycles. The molecule has 0 unspecified atom stereocenters. The second-order valence-corrected chi connectivity index (χ2v) is 5.67. The lowest BCUT2D eigenvalue weighted by Crippen LogP contribution is -2.26. The van der Waals surface area contributed by atoms with E-state index >= 15 is 0 Å². The second kappa shape index (κ2) is 7.78. The van der Waals surface area contributed by atoms with Crippen LogP contribution in [0.5, 0.6) is 0 Å². The molecule has 118 valence electrons. The molecule has 0 atom stereocenters. The number of anilines is 3. The van der Waals surface area contributed by atoms with Gasteiger partial charge < -0.3 is 10.2 Å². The normalized spacial score (nSPS) is 10.5. The minimum absolute atomic E-state index is 0.663. The molecule has 1 aromatic carbocycles. The van der Waals surface area contributed by atoms with Gasteiger partial charge in [0.2, 0.25) is 5.95 Å². The largest absolute Gasteiger partial charge is 0.356 e. The molecule has 2 aromatic rings. The van der Waals surface area contributed by atoms with E-state index in [9.17, 15) is 0 Å². The molecule has 1 heterocycles. The zero-order valence-electron chi connectivity index (χ0n) is 14.1. The van der Waals surface area contributed by atoms with Crippen LogP contribution in [-0.2, 0) is 0 Å². The zero-order chi connectivity index (χ0) is 15.9. The minimum atomic E-state index is 0.663. The van der Waals surface area contributed by atoms with Crippen molar-refractivity contribution in [3.05, 3.63) is 41.6 Å². The summed E-state index contributed by atoms with van der Waals surface area (Å²) in [5.41, 5.74) is 3.24. The predicted molar refractivity (Wildman–Crippen MR) is 94.0 cm³/mol. The molecule has 0 aliphatic heterocycles. The highest BCUT2D eigenvalue weighted by atomic mass is 15.2. The fourth-order valence-electron chi connectivity index (χ4n) is 2.42. The van der Waals surface area contributed by atoms with Crippen LogP contribution < -0.4 is 10.2 Å². The van der Waals surface area contributed by atoms with Crippen molar-refractivity contribution in [2.24, 2.45) is 0 Å². The van der Waals surface area contributed by atoms with Crippen molar-refractivity contribution in [2.75, 3.05) is 23.3 Å². The standard InChI is InChI=1S/C18H26N4/c1-5-11-22(12-6-2)17-13-15(4)19-18(21-17)20-16-9-7-14(3)8-10-16/h7-10,13H,5-6,11-12H2,1-4H3,(H,19,20,21). The number of benzene rings is 1. The maximum absolute atomic E-state index is 4.69. The van der Waals surface area contributed by atoms with Crippen LogP contribution in [0.1, 0.15) is 37.9 Å². The Morgan fingerprint density at radius 1 is 0.955 bits per heavy atom. The summed E-state index contributed by atoms with van der Waals surface area (Å²) in [7, 11) is 0. The number of aryl methyl sites for hydroxylation is 2. The summed E-state index contributed by atoms with van der Waals surface area (Å²) in [4.78, 5) is 11.5. The third kappa shape index (κ3) is 4.45. The molecule has 0 amide bonds. The maximum atomic E-state index is 4.69. The Balaban J connectivity index is 2.23. The highest BCUT2D eigenvalue weighted by molar-refractivity contribution is 5.56. The number of nitrogens with zero attached hydrogens (tertiary/aromatic N) is 3. The SMILES string of the molecule is CCCN(CCC)c1cc(C)nc(Nc2ccc(C)cc2)n1. The van der Waals surface area contributed by atoms with Crippen molar-refractivity contribution < 1.29 is 0 Å². The van der Waals surface area contributed by atoms with Crippen molar-refractivity contribution in [3.8, 4) is 0 Å². The Hall–Kier alpha value is -2.10. The second-order valence-electron chi connectivity index (χ2n) is 5.67. The first kappa shape index (κ1) is 16.3. The average molecular weight is 298 g/mol. The number of rotatable bonds is 7. The molecule has 1 N–H and O–H groups in total. The zero-order valence-corrected chi connectivity index (χ0v) is 14.1. The highest BCUT2D eigenvalue weighted by Gasteiger charge is 2.09. The van der Waals surface area contributed by atoms with Gasteiger partial charge in [-0.05, 0) is 38.8 Å². The van der Waals surface area contributed by atoms with E-state index < -0.39 is 0 Å². The van der Waals surface area contributed by atoms with Gasteiger partial charge in [0.1, 0.15) is 5.82 Å². The molecule has 0 aliphatic rings. The quantitative estimate of drug-likeness (QED) is 0.819. The van der Waals surface area contributed by atoms with Gasteiger partial charge in [0, 0.05) is 30.5 Å². The van der Waals surface area contributed by atoms with Crippen LogP contribution in [0.3, 0.4) is 0 Å². The molecule has 2 rings (SSSR count). The third-order valence-electron chi connectivity index (χ3n) is 3.46. The van der Waals surface area contributed by atoms with Gasteiger partial charge >= 0.3 is 0 Å². The first-order valence-corrected chi connectivity index (χ1v) is 8.06. The van der Waals surface area contributed by atoms with E-state index in [2.05, 4.69) is 66.3 Å². The Bertz CT molecular complexity index is 587. The van der Waals surface area contributed by atoms with Crippen LogP contribution in [0.25, 0.3) is 0 Å². The molecule has 0 aliphatic carbocycles. The molecule has 4 nitrogen and oxygen atoms in total. The Morgan fingerprint density at radius 3 is 2.18 bits per heavy atom. The third-order valence-corrected chi connectivity index (χ3v) is 3.46. The fraction of sp³-hybridized carbons (Fsp3) is 0.444. The monoisotopic (exact) mass is 298 g/mol. The molecule has 22 heavy (non-hydrogen) atoms. The Labute approximate surface area is 133 Å². The van der Waals surface area contributed by atoms with Gasteiger partial charge in [-0.1, -0.05) is 31.5 Å². The summed E-state index contributed by atoms with van der Waals surface area (Å²) < 4.78 is 0. The first-order valence-electron chi connectivity index (χ1n) is 8.06. The molecule has 0 radical (unpaired) electrons. The number of aromatic nitrogens is 2. The Kier molecular flexibility index (Phi) is 5.75. The average Bonchev–Trinajstić information content (AvgIpc) is 2.49. The van der Waals surface area contributed by atoms with Gasteiger partial charge in [0.25, 0.3) is 0 Å². The summed E-state index contributed by atoms with van der Waals surface area (Å²) in [6.07, 6.45) is 2.23. The highest BCUT2D eigenvalue weighted by Crippen LogP contribution is 2.19. The molecule has 0 fully saturated rings. The minimum Gasteiger partial charge on any atom is -0.356 e. The lowest BCUT2D eigenvalue weighted by Gasteiger charge is -2.23. The van der Waals surface area contributed by atoms with Crippen LogP contribution in [0, 0.1) is 13.8 Å². The van der Waals surface area contributed by atoms with Gasteiger partial charge in [-0.3, -0.25) is 0 Å². The van der Waals surface area contributed by atoms with Crippen LogP contribution in [0.15, 0.2) is 30.3 Å². The fourth-order valence-corrected chi connectivity index (χ4v) is 2.42. The predicted octanol–water partition coefficient (Wildman–Crippen LogP) is 4.46. The molecular formula is C18H26N4. The topological polar surface area (TPSA) is 41.1 Å². The number of hydrogen-bond donors (Lipinski definition) is 1. The number of hydrogen-bond acceptors (Lipinski definition) is 4. The van der Waals surface area contributed by atoms with Crippen LogP contribution in [0.4, 0.5) is 17.5 Å². The lowest BCUT2D eigenvalue weighted by atomic mass is 10.2. The first-order chi connectivity index (χ1) is 10.6. The van der Waals surface area contributed by atoms with Gasteiger partial charge in [-0.2, -0.15) is 4.98 Å². The van der Waals surface area contributed by atoms with Crippen LogP contribution >= 0.6 is 0 Å². The van der Waals surface area contributed by atoms with E-state index in [0.29, 0.717) is 5.95 Å². The maximum Gasteiger partial charge on any atom is 0.229 e. The van der Waals surface area contributed by atoms with Crippen molar-refractivity contribution in [1.29, 1.82) is 0 Å². The van der Waals surface area contributed by atoms with Crippen molar-refractivity contribution in [1.82, 2.24) is 9.97 Å². The van der Waals surface area contributed by atoms with Gasteiger partial charge in [-0.25, -0.2) is 4.98 Å². The molecule has 0 bridgehead atoms. The van der Waals surface area contributed by atoms with Crippen molar-refractivity contribution in [2.45, 2.75) is 40.5 Å². The van der Waals surface area contributed by atoms with Gasteiger partial charge in [-0.15, -0.1) is 0 Å². The summed E-state index contributed by atoms with van der Waals surface area (Å²) in [6.45, 7) is 10.5. The van der Waals surface area contributed by atoms with E-state index in [1.165, 1.54) is 5.56 Å². The molecular weight excluding hydrogens is 272 g/mol. The number of nitrogens with one attached hydrogen (secondary N) is 1. The van der Waals surface area contributed by atoms with Crippen LogP contribution in [-0.4, -0.2) is 23.1 Å². The van der Waals surface area contributed by atoms with E-state index in [4.69, 9.17) is 4.98 Å². The smallest absolute Gasteiger partial charge is 0.229 e. The molecule has 1 aromatic heterocycles. The lowest BCUT2D eigenvalue weighted by molar-refractivity contribution is 0.732. The summed E-state index contributed by atoms with van der Waals surface area (Å²) in [6, 6.07) is 10.3. The summed E-state index contributed by atoms with van der Waals surface area (Å²) >= 11 is 0. The molecule has 0 saturated heterocycles. The van der Waals surface area contributed by atoms with Gasteiger partial charge in [0.05, 0.1) is 0 Å². The van der Waals surface area contributed by atoms with E-state index in [1.807, 2.05) is 6.92 Å². The summed E-state index contributed by atoms with van der Waals surface area (Å²) in [5.74, 6) is 1.67. The van der Waals surface area contributed by atoms with E-state index in [-0.39, 0.29) is 0 Å². The Morgan fingerprint density at radius 2 is 1.59 bits per heavy atom. The van der Waals surface area contributed by atoms with E-state index in [1.54, 1.807) is 0 Å². The summed E-state index contributed by atoms with van der Waals surface area (Å²) in [5, 5.41) is 3.30. The molecule has 4 heteroatoms.